The molecule has 0 aliphatic heterocycles. The molecule has 0 spiro atoms. The zero-order valence-electron chi connectivity index (χ0n) is 11.3. The van der Waals surface area contributed by atoms with Gasteiger partial charge in [-0.3, -0.25) is 4.79 Å². The summed E-state index contributed by atoms with van der Waals surface area (Å²) in [5.41, 5.74) is 1.08. The standard InChI is InChI=1S/C15H19BrN2O/c1-11(2)6-8-17-15(19)10-18-9-7-12-13(16)4-3-5-14(12)18/h3-5,7,9,11H,6,8,10H2,1-2H3,(H,17,19). The molecule has 1 aromatic heterocycles. The van der Waals surface area contributed by atoms with Crippen LogP contribution in [-0.4, -0.2) is 17.0 Å². The molecule has 1 aromatic carbocycles. The Labute approximate surface area is 122 Å². The quantitative estimate of drug-likeness (QED) is 0.897. The first-order chi connectivity index (χ1) is 9.08. The number of hydrogen-bond donors (Lipinski definition) is 1. The number of nitrogens with zero attached hydrogens (tertiary/aromatic N) is 1. The second kappa shape index (κ2) is 6.24. The molecule has 0 bridgehead atoms. The van der Waals surface area contributed by atoms with Gasteiger partial charge in [0.15, 0.2) is 0 Å². The highest BCUT2D eigenvalue weighted by Crippen LogP contribution is 2.24. The molecule has 0 saturated heterocycles. The number of halogens is 1. The molecule has 2 rings (SSSR count). The van der Waals surface area contributed by atoms with Gasteiger partial charge in [-0.2, -0.15) is 0 Å². The first kappa shape index (κ1) is 14.1. The number of nitrogens with one attached hydrogen (secondary N) is 1. The van der Waals surface area contributed by atoms with Gasteiger partial charge in [0.2, 0.25) is 5.91 Å². The van der Waals surface area contributed by atoms with Crippen LogP contribution in [0.2, 0.25) is 0 Å². The molecular weight excluding hydrogens is 304 g/mol. The average molecular weight is 323 g/mol. The van der Waals surface area contributed by atoms with Crippen molar-refractivity contribution >= 4 is 32.7 Å². The van der Waals surface area contributed by atoms with Crippen LogP contribution in [0.4, 0.5) is 0 Å². The van der Waals surface area contributed by atoms with Gasteiger partial charge in [0.25, 0.3) is 0 Å². The summed E-state index contributed by atoms with van der Waals surface area (Å²) in [6.45, 7) is 5.43. The Morgan fingerprint density at radius 3 is 2.89 bits per heavy atom. The molecule has 0 unspecified atom stereocenters. The van der Waals surface area contributed by atoms with Crippen molar-refractivity contribution in [3.63, 3.8) is 0 Å². The minimum Gasteiger partial charge on any atom is -0.355 e. The minimum absolute atomic E-state index is 0.0677. The van der Waals surface area contributed by atoms with Gasteiger partial charge in [0.1, 0.15) is 6.54 Å². The maximum Gasteiger partial charge on any atom is 0.239 e. The molecule has 2 aromatic rings. The lowest BCUT2D eigenvalue weighted by atomic mass is 10.1. The van der Waals surface area contributed by atoms with Crippen LogP contribution < -0.4 is 5.32 Å². The van der Waals surface area contributed by atoms with Crippen LogP contribution in [0.1, 0.15) is 20.3 Å². The van der Waals surface area contributed by atoms with Crippen molar-refractivity contribution in [3.8, 4) is 0 Å². The zero-order chi connectivity index (χ0) is 13.8. The van der Waals surface area contributed by atoms with E-state index < -0.39 is 0 Å². The van der Waals surface area contributed by atoms with Crippen molar-refractivity contribution in [3.05, 3.63) is 34.9 Å². The summed E-state index contributed by atoms with van der Waals surface area (Å²) in [5, 5.41) is 4.10. The van der Waals surface area contributed by atoms with E-state index in [1.807, 2.05) is 35.0 Å². The number of amides is 1. The number of carbonyl (C=O) groups is 1. The highest BCUT2D eigenvalue weighted by molar-refractivity contribution is 9.10. The van der Waals surface area contributed by atoms with Gasteiger partial charge in [-0.15, -0.1) is 0 Å². The molecule has 1 N–H and O–H groups in total. The average Bonchev–Trinajstić information content (AvgIpc) is 2.73. The zero-order valence-corrected chi connectivity index (χ0v) is 12.9. The van der Waals surface area contributed by atoms with E-state index in [1.54, 1.807) is 0 Å². The van der Waals surface area contributed by atoms with Crippen molar-refractivity contribution in [2.75, 3.05) is 6.54 Å². The summed E-state index contributed by atoms with van der Waals surface area (Å²) in [4.78, 5) is 11.9. The van der Waals surface area contributed by atoms with Crippen molar-refractivity contribution in [2.45, 2.75) is 26.8 Å². The van der Waals surface area contributed by atoms with E-state index >= 15 is 0 Å². The Kier molecular flexibility index (Phi) is 4.64. The van der Waals surface area contributed by atoms with E-state index in [4.69, 9.17) is 0 Å². The molecule has 0 atom stereocenters. The van der Waals surface area contributed by atoms with E-state index in [1.165, 1.54) is 0 Å². The van der Waals surface area contributed by atoms with Gasteiger partial charge in [-0.1, -0.05) is 35.8 Å². The molecule has 0 saturated carbocycles. The van der Waals surface area contributed by atoms with Crippen LogP contribution in [-0.2, 0) is 11.3 Å². The topological polar surface area (TPSA) is 34.0 Å². The van der Waals surface area contributed by atoms with Crippen molar-refractivity contribution < 1.29 is 4.79 Å². The highest BCUT2D eigenvalue weighted by Gasteiger charge is 2.07. The summed E-state index contributed by atoms with van der Waals surface area (Å²) < 4.78 is 3.04. The van der Waals surface area contributed by atoms with Crippen molar-refractivity contribution in [1.29, 1.82) is 0 Å². The predicted octanol–water partition coefficient (Wildman–Crippen LogP) is 3.57. The number of aromatic nitrogens is 1. The number of fused-ring (bicyclic) bond motifs is 1. The number of carbonyl (C=O) groups excluding carboxylic acids is 1. The van der Waals surface area contributed by atoms with Crippen LogP contribution in [0.25, 0.3) is 10.9 Å². The third kappa shape index (κ3) is 3.60. The van der Waals surface area contributed by atoms with E-state index in [9.17, 15) is 4.79 Å². The van der Waals surface area contributed by atoms with E-state index in [-0.39, 0.29) is 5.91 Å². The van der Waals surface area contributed by atoms with Gasteiger partial charge >= 0.3 is 0 Å². The molecule has 0 radical (unpaired) electrons. The summed E-state index contributed by atoms with van der Waals surface area (Å²) in [6, 6.07) is 8.05. The Bertz CT molecular complexity index is 575. The smallest absolute Gasteiger partial charge is 0.239 e. The maximum atomic E-state index is 11.9. The highest BCUT2D eigenvalue weighted by atomic mass is 79.9. The second-order valence-electron chi connectivity index (χ2n) is 5.15. The molecule has 0 aliphatic rings. The Balaban J connectivity index is 2.01. The molecule has 102 valence electrons. The van der Waals surface area contributed by atoms with Crippen LogP contribution in [0.3, 0.4) is 0 Å². The fourth-order valence-electron chi connectivity index (χ4n) is 2.03. The van der Waals surface area contributed by atoms with Gasteiger partial charge in [0.05, 0.1) is 0 Å². The Morgan fingerprint density at radius 1 is 1.37 bits per heavy atom. The van der Waals surface area contributed by atoms with Gasteiger partial charge in [-0.05, 0) is 30.5 Å². The molecule has 0 fully saturated rings. The molecule has 4 heteroatoms. The summed E-state index contributed by atoms with van der Waals surface area (Å²) in [5.74, 6) is 0.682. The molecular formula is C15H19BrN2O. The minimum atomic E-state index is 0.0677. The number of rotatable bonds is 5. The lowest BCUT2D eigenvalue weighted by molar-refractivity contribution is -0.121. The van der Waals surface area contributed by atoms with Crippen LogP contribution in [0, 0.1) is 5.92 Å². The van der Waals surface area contributed by atoms with Gasteiger partial charge in [-0.25, -0.2) is 0 Å². The Morgan fingerprint density at radius 2 is 2.16 bits per heavy atom. The normalized spacial score (nSPS) is 11.2. The first-order valence-corrected chi connectivity index (χ1v) is 7.37. The predicted molar refractivity (Wildman–Crippen MR) is 82.1 cm³/mol. The van der Waals surface area contributed by atoms with Crippen LogP contribution >= 0.6 is 15.9 Å². The molecule has 0 aliphatic carbocycles. The van der Waals surface area contributed by atoms with Crippen molar-refractivity contribution in [2.24, 2.45) is 5.92 Å². The summed E-state index contributed by atoms with van der Waals surface area (Å²) >= 11 is 3.52. The first-order valence-electron chi connectivity index (χ1n) is 6.58. The molecule has 1 heterocycles. The number of benzene rings is 1. The van der Waals surface area contributed by atoms with Crippen LogP contribution in [0.15, 0.2) is 34.9 Å². The third-order valence-electron chi connectivity index (χ3n) is 3.12. The fraction of sp³-hybridized carbons (Fsp3) is 0.400. The van der Waals surface area contributed by atoms with E-state index in [0.717, 1.165) is 28.3 Å². The SMILES string of the molecule is CC(C)CCNC(=O)Cn1ccc2c(Br)cccc21. The lowest BCUT2D eigenvalue weighted by Crippen LogP contribution is -2.28. The second-order valence-corrected chi connectivity index (χ2v) is 6.00. The van der Waals surface area contributed by atoms with Gasteiger partial charge < -0.3 is 9.88 Å². The fourth-order valence-corrected chi connectivity index (χ4v) is 2.52. The summed E-state index contributed by atoms with van der Waals surface area (Å²) in [6.07, 6.45) is 2.97. The molecule has 19 heavy (non-hydrogen) atoms. The van der Waals surface area contributed by atoms with Crippen molar-refractivity contribution in [1.82, 2.24) is 9.88 Å². The third-order valence-corrected chi connectivity index (χ3v) is 3.81. The lowest BCUT2D eigenvalue weighted by Gasteiger charge is -2.09. The van der Waals surface area contributed by atoms with E-state index in [2.05, 4.69) is 35.1 Å². The maximum absolute atomic E-state index is 11.9. The summed E-state index contributed by atoms with van der Waals surface area (Å²) in [7, 11) is 0. The van der Waals surface area contributed by atoms with Gasteiger partial charge in [0, 0.05) is 28.1 Å². The van der Waals surface area contributed by atoms with Crippen LogP contribution in [0.5, 0.6) is 0 Å². The largest absolute Gasteiger partial charge is 0.355 e. The monoisotopic (exact) mass is 322 g/mol. The molecule has 3 nitrogen and oxygen atoms in total. The molecule has 1 amide bonds. The number of hydrogen-bond acceptors (Lipinski definition) is 1. The Hall–Kier alpha value is -1.29. The van der Waals surface area contributed by atoms with E-state index in [0.29, 0.717) is 12.5 Å².